The second kappa shape index (κ2) is 6.75. The van der Waals surface area contributed by atoms with Gasteiger partial charge in [0.05, 0.1) is 28.4 Å². The summed E-state index contributed by atoms with van der Waals surface area (Å²) in [5, 5.41) is 2.92. The smallest absolute Gasteiger partial charge is 0.324 e. The lowest BCUT2D eigenvalue weighted by Gasteiger charge is -2.08. The quantitative estimate of drug-likeness (QED) is 0.592. The highest BCUT2D eigenvalue weighted by atomic mass is 16.2. The Balaban J connectivity index is 1.61. The van der Waals surface area contributed by atoms with E-state index in [1.165, 1.54) is 0 Å². The van der Waals surface area contributed by atoms with Crippen LogP contribution in [0, 0.1) is 0 Å². The number of carbonyl (C=O) groups excluding carboxylic acids is 1. The molecule has 7 nitrogen and oxygen atoms in total. The molecule has 0 atom stereocenters. The van der Waals surface area contributed by atoms with Crippen molar-refractivity contribution in [3.05, 3.63) is 59.3 Å². The minimum absolute atomic E-state index is 0.0247. The van der Waals surface area contributed by atoms with Gasteiger partial charge in [-0.15, -0.1) is 0 Å². The molecule has 0 aliphatic rings. The largest absolute Gasteiger partial charge is 0.329 e. The SMILES string of the molecule is CCn1c(=O)n(CC)c2cc(NC(=O)Cn3cnc4ccccc43)ccc21. The molecule has 2 heterocycles. The Hall–Kier alpha value is -3.35. The maximum absolute atomic E-state index is 12.5. The summed E-state index contributed by atoms with van der Waals surface area (Å²) in [6, 6.07) is 13.3. The number of rotatable bonds is 5. The van der Waals surface area contributed by atoms with E-state index in [1.54, 1.807) is 15.5 Å². The van der Waals surface area contributed by atoms with Gasteiger partial charge in [0.2, 0.25) is 5.91 Å². The lowest BCUT2D eigenvalue weighted by molar-refractivity contribution is -0.116. The van der Waals surface area contributed by atoms with E-state index < -0.39 is 0 Å². The van der Waals surface area contributed by atoms with Crippen LogP contribution in [0.2, 0.25) is 0 Å². The highest BCUT2D eigenvalue weighted by molar-refractivity contribution is 5.93. The van der Waals surface area contributed by atoms with Crippen LogP contribution >= 0.6 is 0 Å². The number of anilines is 1. The fourth-order valence-corrected chi connectivity index (χ4v) is 3.50. The van der Waals surface area contributed by atoms with Gasteiger partial charge in [-0.05, 0) is 44.2 Å². The zero-order valence-electron chi connectivity index (χ0n) is 15.3. The van der Waals surface area contributed by atoms with Crippen LogP contribution in [0.5, 0.6) is 0 Å². The lowest BCUT2D eigenvalue weighted by atomic mass is 10.2. The first kappa shape index (κ1) is 17.1. The normalized spacial score (nSPS) is 11.3. The zero-order valence-corrected chi connectivity index (χ0v) is 15.3. The Kier molecular flexibility index (Phi) is 4.27. The van der Waals surface area contributed by atoms with Crippen LogP contribution in [0.1, 0.15) is 13.8 Å². The average Bonchev–Trinajstić information content (AvgIpc) is 3.19. The molecule has 138 valence electrons. The summed E-state index contributed by atoms with van der Waals surface area (Å²) < 4.78 is 5.28. The maximum atomic E-state index is 12.5. The van der Waals surface area contributed by atoms with Crippen LogP contribution in [0.25, 0.3) is 22.1 Å². The van der Waals surface area contributed by atoms with Crippen LogP contribution in [-0.2, 0) is 24.4 Å². The summed E-state index contributed by atoms with van der Waals surface area (Å²) in [7, 11) is 0. The van der Waals surface area contributed by atoms with Crippen molar-refractivity contribution in [3.8, 4) is 0 Å². The third-order valence-electron chi connectivity index (χ3n) is 4.78. The van der Waals surface area contributed by atoms with Crippen molar-refractivity contribution >= 4 is 33.7 Å². The molecule has 0 bridgehead atoms. The highest BCUT2D eigenvalue weighted by Gasteiger charge is 2.13. The van der Waals surface area contributed by atoms with E-state index in [4.69, 9.17) is 0 Å². The molecule has 0 radical (unpaired) electrons. The molecule has 0 saturated heterocycles. The van der Waals surface area contributed by atoms with E-state index in [9.17, 15) is 9.59 Å². The molecule has 0 aliphatic heterocycles. The third kappa shape index (κ3) is 2.91. The molecule has 2 aromatic heterocycles. The highest BCUT2D eigenvalue weighted by Crippen LogP contribution is 2.19. The van der Waals surface area contributed by atoms with E-state index in [0.29, 0.717) is 18.8 Å². The van der Waals surface area contributed by atoms with Gasteiger partial charge in [0.15, 0.2) is 0 Å². The summed E-state index contributed by atoms with van der Waals surface area (Å²) in [6.45, 7) is 5.26. The predicted molar refractivity (Wildman–Crippen MR) is 106 cm³/mol. The van der Waals surface area contributed by atoms with Crippen molar-refractivity contribution in [2.24, 2.45) is 0 Å². The summed E-state index contributed by atoms with van der Waals surface area (Å²) in [5.74, 6) is -0.141. The maximum Gasteiger partial charge on any atom is 0.329 e. The van der Waals surface area contributed by atoms with Crippen molar-refractivity contribution in [1.82, 2.24) is 18.7 Å². The van der Waals surface area contributed by atoms with Crippen molar-refractivity contribution < 1.29 is 4.79 Å². The first-order valence-corrected chi connectivity index (χ1v) is 9.05. The Labute approximate surface area is 155 Å². The Morgan fingerprint density at radius 2 is 1.74 bits per heavy atom. The number of benzene rings is 2. The number of amides is 1. The summed E-state index contributed by atoms with van der Waals surface area (Å²) in [5.41, 5.74) is 4.14. The lowest BCUT2D eigenvalue weighted by Crippen LogP contribution is -2.23. The van der Waals surface area contributed by atoms with E-state index in [-0.39, 0.29) is 18.1 Å². The van der Waals surface area contributed by atoms with Gasteiger partial charge in [-0.25, -0.2) is 9.78 Å². The van der Waals surface area contributed by atoms with E-state index >= 15 is 0 Å². The third-order valence-corrected chi connectivity index (χ3v) is 4.78. The molecule has 0 saturated carbocycles. The number of hydrogen-bond donors (Lipinski definition) is 1. The minimum Gasteiger partial charge on any atom is -0.324 e. The molecule has 2 aromatic carbocycles. The first-order valence-electron chi connectivity index (χ1n) is 9.05. The standard InChI is InChI=1S/C20H21N5O2/c1-3-24-17-10-9-14(11-18(17)25(4-2)20(24)27)22-19(26)12-23-13-21-15-7-5-6-8-16(15)23/h5-11,13H,3-4,12H2,1-2H3,(H,22,26). The van der Waals surface area contributed by atoms with Gasteiger partial charge >= 0.3 is 5.69 Å². The van der Waals surface area contributed by atoms with Crippen molar-refractivity contribution in [1.29, 1.82) is 0 Å². The van der Waals surface area contributed by atoms with E-state index in [1.807, 2.05) is 60.9 Å². The molecule has 0 spiro atoms. The zero-order chi connectivity index (χ0) is 19.0. The number of aromatic nitrogens is 4. The molecule has 0 unspecified atom stereocenters. The number of aryl methyl sites for hydroxylation is 2. The van der Waals surface area contributed by atoms with Crippen molar-refractivity contribution in [3.63, 3.8) is 0 Å². The number of hydrogen-bond acceptors (Lipinski definition) is 3. The van der Waals surface area contributed by atoms with Crippen LogP contribution in [0.4, 0.5) is 5.69 Å². The number of imidazole rings is 2. The molecule has 0 fully saturated rings. The second-order valence-corrected chi connectivity index (χ2v) is 6.38. The van der Waals surface area contributed by atoms with Crippen LogP contribution < -0.4 is 11.0 Å². The molecule has 0 aliphatic carbocycles. The summed E-state index contributed by atoms with van der Waals surface area (Å²) in [4.78, 5) is 29.3. The van der Waals surface area contributed by atoms with Gasteiger partial charge in [0, 0.05) is 18.8 Å². The molecular weight excluding hydrogens is 342 g/mol. The van der Waals surface area contributed by atoms with Crippen molar-refractivity contribution in [2.45, 2.75) is 33.5 Å². The molecule has 7 heteroatoms. The van der Waals surface area contributed by atoms with Crippen LogP contribution in [0.15, 0.2) is 53.6 Å². The van der Waals surface area contributed by atoms with Gasteiger partial charge in [-0.1, -0.05) is 12.1 Å². The van der Waals surface area contributed by atoms with Gasteiger partial charge in [-0.3, -0.25) is 13.9 Å². The fourth-order valence-electron chi connectivity index (χ4n) is 3.50. The summed E-state index contributed by atoms with van der Waals surface area (Å²) in [6.07, 6.45) is 1.67. The van der Waals surface area contributed by atoms with Crippen LogP contribution in [-0.4, -0.2) is 24.6 Å². The van der Waals surface area contributed by atoms with Gasteiger partial charge < -0.3 is 9.88 Å². The van der Waals surface area contributed by atoms with E-state index in [2.05, 4.69) is 10.3 Å². The van der Waals surface area contributed by atoms with Crippen molar-refractivity contribution in [2.75, 3.05) is 5.32 Å². The monoisotopic (exact) mass is 363 g/mol. The molecule has 4 rings (SSSR count). The molecule has 4 aromatic rings. The predicted octanol–water partition coefficient (Wildman–Crippen LogP) is 2.83. The molecule has 27 heavy (non-hydrogen) atoms. The number of nitrogens with zero attached hydrogens (tertiary/aromatic N) is 4. The van der Waals surface area contributed by atoms with Gasteiger partial charge in [0.1, 0.15) is 6.54 Å². The number of nitrogens with one attached hydrogen (secondary N) is 1. The first-order chi connectivity index (χ1) is 13.1. The number of carbonyl (C=O) groups is 1. The van der Waals surface area contributed by atoms with Gasteiger partial charge in [0.25, 0.3) is 0 Å². The average molecular weight is 363 g/mol. The fraction of sp³-hybridized carbons (Fsp3) is 0.250. The number of para-hydroxylation sites is 2. The second-order valence-electron chi connectivity index (χ2n) is 6.38. The Morgan fingerprint density at radius 1 is 1.00 bits per heavy atom. The minimum atomic E-state index is -0.141. The summed E-state index contributed by atoms with van der Waals surface area (Å²) >= 11 is 0. The molecular formula is C20H21N5O2. The molecule has 1 N–H and O–H groups in total. The van der Waals surface area contributed by atoms with E-state index in [0.717, 1.165) is 22.1 Å². The Morgan fingerprint density at radius 3 is 2.52 bits per heavy atom. The molecule has 1 amide bonds. The number of fused-ring (bicyclic) bond motifs is 2. The Bertz CT molecular complexity index is 1200. The topological polar surface area (TPSA) is 73.8 Å². The van der Waals surface area contributed by atoms with Gasteiger partial charge in [-0.2, -0.15) is 0 Å². The van der Waals surface area contributed by atoms with Crippen LogP contribution in [0.3, 0.4) is 0 Å².